The molecule has 0 amide bonds. The summed E-state index contributed by atoms with van der Waals surface area (Å²) in [6, 6.07) is 1.57. The van der Waals surface area contributed by atoms with Gasteiger partial charge in [-0.25, -0.2) is 22.9 Å². The maximum Gasteiger partial charge on any atom is 0.254 e. The predicted molar refractivity (Wildman–Crippen MR) is 95.6 cm³/mol. The minimum Gasteiger partial charge on any atom is -0.249 e. The molecule has 1 fully saturated rings. The molecule has 1 aliphatic heterocycles. The van der Waals surface area contributed by atoms with Crippen molar-refractivity contribution in [3.8, 4) is 0 Å². The fourth-order valence-corrected chi connectivity index (χ4v) is 5.27. The third-order valence-corrected chi connectivity index (χ3v) is 7.16. The number of halogens is 1. The number of sulfonamides is 1. The molecule has 0 N–H and O–H groups in total. The van der Waals surface area contributed by atoms with Gasteiger partial charge >= 0.3 is 0 Å². The molecule has 0 spiro atoms. The molecule has 1 saturated heterocycles. The second-order valence-corrected chi connectivity index (χ2v) is 9.18. The van der Waals surface area contributed by atoms with E-state index in [0.29, 0.717) is 25.5 Å². The van der Waals surface area contributed by atoms with Crippen molar-refractivity contribution in [2.24, 2.45) is 0 Å². The number of piperidine rings is 1. The Labute approximate surface area is 160 Å². The first kappa shape index (κ1) is 12.7. The highest BCUT2D eigenvalue weighted by Crippen LogP contribution is 2.35. The van der Waals surface area contributed by atoms with Crippen LogP contribution in [0.5, 0.6) is 0 Å². The van der Waals surface area contributed by atoms with Crippen LogP contribution >= 0.6 is 22.9 Å². The number of fused-ring (bicyclic) bond motifs is 1. The van der Waals surface area contributed by atoms with Crippen molar-refractivity contribution < 1.29 is 13.9 Å². The molecule has 0 saturated carbocycles. The second-order valence-electron chi connectivity index (χ2n) is 5.53. The lowest BCUT2D eigenvalue weighted by molar-refractivity contribution is 0.319. The van der Waals surface area contributed by atoms with Crippen molar-refractivity contribution in [2.45, 2.75) is 29.9 Å². The first-order chi connectivity index (χ1) is 13.4. The zero-order chi connectivity index (χ0) is 21.2. The maximum atomic E-state index is 13.0. The average molecular weight is 402 g/mol. The Balaban J connectivity index is 1.76. The van der Waals surface area contributed by atoms with E-state index in [1.807, 2.05) is 0 Å². The van der Waals surface area contributed by atoms with Crippen LogP contribution < -0.4 is 0 Å². The van der Waals surface area contributed by atoms with Gasteiger partial charge in [0, 0.05) is 35.8 Å². The summed E-state index contributed by atoms with van der Waals surface area (Å²) >= 11 is 7.22. The quantitative estimate of drug-likeness (QED) is 0.674. The van der Waals surface area contributed by atoms with Crippen LogP contribution in [0.25, 0.3) is 5.65 Å². The van der Waals surface area contributed by atoms with Crippen molar-refractivity contribution in [1.29, 1.82) is 0 Å². The van der Waals surface area contributed by atoms with Crippen molar-refractivity contribution in [3.05, 3.63) is 40.4 Å². The molecule has 7 nitrogen and oxygen atoms in total. The Hall–Kier alpha value is -1.55. The predicted octanol–water partition coefficient (Wildman–Crippen LogP) is 2.72. The van der Waals surface area contributed by atoms with Gasteiger partial charge in [-0.3, -0.25) is 0 Å². The van der Waals surface area contributed by atoms with E-state index in [4.69, 9.17) is 17.1 Å². The second kappa shape index (κ2) is 6.31. The van der Waals surface area contributed by atoms with E-state index < -0.39 is 28.9 Å². The standard InChI is InChI=1S/C15H16ClN5O2S2/c1-10-17-7-15(24-10)25(22,23)20-4-2-11(3-5-20)12-8-21-14(6-13(12)16)18-9-19-21/h6-9,11H,2-5H2,1H3/i4D2,5D2. The van der Waals surface area contributed by atoms with Crippen molar-refractivity contribution >= 4 is 38.6 Å². The Morgan fingerprint density at radius 1 is 1.36 bits per heavy atom. The maximum absolute atomic E-state index is 13.0. The third-order valence-electron chi connectivity index (χ3n) is 3.89. The number of aryl methyl sites for hydroxylation is 1. The first-order valence-corrected chi connectivity index (χ1v) is 10.0. The van der Waals surface area contributed by atoms with Gasteiger partial charge in [0.2, 0.25) is 0 Å². The van der Waals surface area contributed by atoms with Gasteiger partial charge in [-0.2, -0.15) is 9.40 Å². The molecular formula is C15H16ClN5O2S2. The summed E-state index contributed by atoms with van der Waals surface area (Å²) in [5, 5.41) is 4.83. The molecule has 25 heavy (non-hydrogen) atoms. The molecular weight excluding hydrogens is 382 g/mol. The summed E-state index contributed by atoms with van der Waals surface area (Å²) in [6.45, 7) is -3.34. The van der Waals surface area contributed by atoms with E-state index >= 15 is 0 Å². The molecule has 0 bridgehead atoms. The summed E-state index contributed by atoms with van der Waals surface area (Å²) in [5.41, 5.74) is 0.994. The minimum absolute atomic E-state index is 0.191. The number of hydrogen-bond donors (Lipinski definition) is 0. The van der Waals surface area contributed by atoms with Gasteiger partial charge in [0.25, 0.3) is 10.0 Å². The first-order valence-electron chi connectivity index (χ1n) is 9.39. The monoisotopic (exact) mass is 401 g/mol. The largest absolute Gasteiger partial charge is 0.254 e. The van der Waals surface area contributed by atoms with E-state index in [0.717, 1.165) is 17.5 Å². The third kappa shape index (κ3) is 3.05. The molecule has 4 rings (SSSR count). The van der Waals surface area contributed by atoms with Crippen LogP contribution in [-0.4, -0.2) is 45.3 Å². The van der Waals surface area contributed by atoms with Crippen molar-refractivity contribution in [1.82, 2.24) is 23.9 Å². The number of pyridine rings is 1. The van der Waals surface area contributed by atoms with Crippen LogP contribution in [0.1, 0.15) is 34.8 Å². The van der Waals surface area contributed by atoms with E-state index in [1.54, 1.807) is 19.2 Å². The number of aromatic nitrogens is 4. The Bertz CT molecular complexity index is 1180. The number of rotatable bonds is 3. The molecule has 0 radical (unpaired) electrons. The molecule has 0 atom stereocenters. The SMILES string of the molecule is [2H]C1([2H])CC(c2cn3ncnc3cc2Cl)CC([2H])([2H])N1S(=O)(=O)c1cnc(C)s1. The zero-order valence-corrected chi connectivity index (χ0v) is 15.4. The topological polar surface area (TPSA) is 80.5 Å². The van der Waals surface area contributed by atoms with Crippen LogP contribution in [0.4, 0.5) is 0 Å². The zero-order valence-electron chi connectivity index (χ0n) is 17.0. The fourth-order valence-electron chi connectivity index (χ4n) is 2.61. The normalized spacial score (nSPS) is 23.8. The highest BCUT2D eigenvalue weighted by molar-refractivity contribution is 7.91. The summed E-state index contributed by atoms with van der Waals surface area (Å²) in [7, 11) is -4.42. The summed E-state index contributed by atoms with van der Waals surface area (Å²) in [5.74, 6) is -0.657. The van der Waals surface area contributed by atoms with Gasteiger partial charge in [0.05, 0.1) is 11.2 Å². The number of thiazole rings is 1. The van der Waals surface area contributed by atoms with Gasteiger partial charge in [0.1, 0.15) is 6.33 Å². The van der Waals surface area contributed by atoms with Crippen LogP contribution in [-0.2, 0) is 10.0 Å². The molecule has 3 aromatic rings. The number of nitrogens with zero attached hydrogens (tertiary/aromatic N) is 5. The van der Waals surface area contributed by atoms with E-state index in [9.17, 15) is 8.42 Å². The van der Waals surface area contributed by atoms with E-state index in [2.05, 4.69) is 15.1 Å². The van der Waals surface area contributed by atoms with Crippen LogP contribution in [0.2, 0.25) is 5.02 Å². The van der Waals surface area contributed by atoms with Crippen LogP contribution in [0, 0.1) is 6.92 Å². The number of hydrogen-bond acceptors (Lipinski definition) is 6. The van der Waals surface area contributed by atoms with Crippen molar-refractivity contribution in [2.75, 3.05) is 13.0 Å². The molecule has 4 heterocycles. The van der Waals surface area contributed by atoms with Gasteiger partial charge in [-0.05, 0) is 31.2 Å². The Morgan fingerprint density at radius 3 is 2.80 bits per heavy atom. The molecule has 3 aromatic heterocycles. The summed E-state index contributed by atoms with van der Waals surface area (Å²) in [4.78, 5) is 7.94. The molecule has 0 unspecified atom stereocenters. The summed E-state index contributed by atoms with van der Waals surface area (Å²) < 4.78 is 61.4. The Kier molecular flexibility index (Phi) is 3.22. The van der Waals surface area contributed by atoms with Gasteiger partial charge in [0.15, 0.2) is 9.86 Å². The molecule has 10 heteroatoms. The smallest absolute Gasteiger partial charge is 0.249 e. The lowest BCUT2D eigenvalue weighted by Gasteiger charge is -2.31. The van der Waals surface area contributed by atoms with Crippen LogP contribution in [0.15, 0.2) is 29.0 Å². The molecule has 0 aromatic carbocycles. The lowest BCUT2D eigenvalue weighted by atomic mass is 9.91. The highest BCUT2D eigenvalue weighted by Gasteiger charge is 2.32. The van der Waals surface area contributed by atoms with Crippen LogP contribution in [0.3, 0.4) is 0 Å². The highest BCUT2D eigenvalue weighted by atomic mass is 35.5. The molecule has 0 aliphatic carbocycles. The summed E-state index contributed by atoms with van der Waals surface area (Å²) in [6.07, 6.45) is 3.54. The van der Waals surface area contributed by atoms with Gasteiger partial charge in [-0.15, -0.1) is 11.3 Å². The molecule has 132 valence electrons. The fraction of sp³-hybridized carbons (Fsp3) is 0.400. The van der Waals surface area contributed by atoms with Gasteiger partial charge in [-0.1, -0.05) is 11.6 Å². The van der Waals surface area contributed by atoms with Crippen molar-refractivity contribution in [3.63, 3.8) is 0 Å². The van der Waals surface area contributed by atoms with E-state index in [1.165, 1.54) is 10.8 Å². The molecule has 1 aliphatic rings. The minimum atomic E-state index is -4.42. The lowest BCUT2D eigenvalue weighted by Crippen LogP contribution is -2.37. The Morgan fingerprint density at radius 2 is 2.12 bits per heavy atom. The van der Waals surface area contributed by atoms with Gasteiger partial charge < -0.3 is 0 Å². The average Bonchev–Trinajstić information content (AvgIpc) is 3.19. The van der Waals surface area contributed by atoms with E-state index in [-0.39, 0.29) is 17.1 Å².